The molecule has 0 N–H and O–H groups in total. The Labute approximate surface area is 108 Å². The molecule has 0 fully saturated rings. The van der Waals surface area contributed by atoms with Crippen molar-refractivity contribution in [1.29, 1.82) is 0 Å². The number of rotatable bonds is 7. The summed E-state index contributed by atoms with van der Waals surface area (Å²) >= 11 is 0. The van der Waals surface area contributed by atoms with Crippen molar-refractivity contribution < 1.29 is 9.65 Å². The van der Waals surface area contributed by atoms with Crippen molar-refractivity contribution in [2.75, 3.05) is 0 Å². The predicted octanol–water partition coefficient (Wildman–Crippen LogP) is 2.43. The molecular formula is C12H23N3O3. The Bertz CT molecular complexity index is 322. The van der Waals surface area contributed by atoms with Gasteiger partial charge in [-0.05, 0) is 12.8 Å². The molecule has 0 saturated heterocycles. The Morgan fingerprint density at radius 1 is 1.17 bits per heavy atom. The van der Waals surface area contributed by atoms with E-state index in [0.29, 0.717) is 0 Å². The standard InChI is InChI=1S/C12H23N2.NO3/c1-3-4-5-6-7-8-9-14-11-10-13(2)12-14;2-1(3)4/h10-12H,3-9H2,1-2H3;/q+1;-1. The number of imidazole rings is 1. The quantitative estimate of drug-likeness (QED) is 0.326. The maximum atomic E-state index is 8.25. The van der Waals surface area contributed by atoms with Crippen LogP contribution in [0.3, 0.4) is 0 Å². The van der Waals surface area contributed by atoms with Crippen LogP contribution < -0.4 is 4.57 Å². The van der Waals surface area contributed by atoms with Crippen molar-refractivity contribution >= 4 is 0 Å². The number of aryl methyl sites for hydroxylation is 2. The third kappa shape index (κ3) is 10.9. The van der Waals surface area contributed by atoms with Crippen molar-refractivity contribution in [3.05, 3.63) is 34.0 Å². The third-order valence-electron chi connectivity index (χ3n) is 2.59. The van der Waals surface area contributed by atoms with Gasteiger partial charge in [0, 0.05) is 0 Å². The van der Waals surface area contributed by atoms with Gasteiger partial charge in [-0.1, -0.05) is 32.6 Å². The van der Waals surface area contributed by atoms with Gasteiger partial charge in [-0.15, -0.1) is 0 Å². The monoisotopic (exact) mass is 257 g/mol. The van der Waals surface area contributed by atoms with E-state index >= 15 is 0 Å². The van der Waals surface area contributed by atoms with Crippen LogP contribution in [0, 0.1) is 15.3 Å². The lowest BCUT2D eigenvalue weighted by molar-refractivity contribution is -0.696. The summed E-state index contributed by atoms with van der Waals surface area (Å²) in [6.45, 7) is 3.44. The zero-order valence-electron chi connectivity index (χ0n) is 11.2. The molecule has 1 aromatic rings. The molecule has 0 aliphatic heterocycles. The van der Waals surface area contributed by atoms with E-state index in [9.17, 15) is 0 Å². The number of unbranched alkanes of at least 4 members (excludes halogenated alkanes) is 5. The van der Waals surface area contributed by atoms with E-state index < -0.39 is 5.09 Å². The van der Waals surface area contributed by atoms with Crippen LogP contribution in [0.2, 0.25) is 0 Å². The minimum Gasteiger partial charge on any atom is -0.356 e. The van der Waals surface area contributed by atoms with E-state index in [-0.39, 0.29) is 0 Å². The predicted molar refractivity (Wildman–Crippen MR) is 69.3 cm³/mol. The molecular weight excluding hydrogens is 234 g/mol. The first-order chi connectivity index (χ1) is 8.56. The van der Waals surface area contributed by atoms with Gasteiger partial charge in [0.2, 0.25) is 6.33 Å². The van der Waals surface area contributed by atoms with Crippen LogP contribution in [0.15, 0.2) is 18.7 Å². The van der Waals surface area contributed by atoms with Crippen molar-refractivity contribution in [1.82, 2.24) is 4.57 Å². The van der Waals surface area contributed by atoms with Crippen LogP contribution in [0.5, 0.6) is 0 Å². The highest BCUT2D eigenvalue weighted by Crippen LogP contribution is 2.04. The molecule has 0 saturated carbocycles. The highest BCUT2D eigenvalue weighted by Gasteiger charge is 1.98. The Kier molecular flexibility index (Phi) is 9.62. The van der Waals surface area contributed by atoms with E-state index in [1.807, 2.05) is 0 Å². The maximum Gasteiger partial charge on any atom is 0.243 e. The lowest BCUT2D eigenvalue weighted by atomic mass is 10.1. The van der Waals surface area contributed by atoms with Gasteiger partial charge in [-0.3, -0.25) is 0 Å². The zero-order valence-corrected chi connectivity index (χ0v) is 11.2. The normalized spacial score (nSPS) is 9.67. The van der Waals surface area contributed by atoms with Crippen LogP contribution in [0.4, 0.5) is 0 Å². The minimum atomic E-state index is -1.75. The molecule has 0 aliphatic rings. The Morgan fingerprint density at radius 3 is 2.22 bits per heavy atom. The van der Waals surface area contributed by atoms with Gasteiger partial charge in [0.15, 0.2) is 0 Å². The Morgan fingerprint density at radius 2 is 1.72 bits per heavy atom. The van der Waals surface area contributed by atoms with E-state index in [4.69, 9.17) is 15.3 Å². The van der Waals surface area contributed by atoms with Gasteiger partial charge in [-0.25, -0.2) is 9.13 Å². The van der Waals surface area contributed by atoms with Gasteiger partial charge in [0.25, 0.3) is 0 Å². The molecule has 0 atom stereocenters. The van der Waals surface area contributed by atoms with Crippen LogP contribution in [0.25, 0.3) is 0 Å². The average Bonchev–Trinajstić information content (AvgIpc) is 2.69. The zero-order chi connectivity index (χ0) is 13.8. The molecule has 6 heteroatoms. The minimum absolute atomic E-state index is 1.17. The topological polar surface area (TPSA) is 75.0 Å². The fraction of sp³-hybridized carbons (Fsp3) is 0.750. The van der Waals surface area contributed by atoms with Gasteiger partial charge < -0.3 is 15.3 Å². The summed E-state index contributed by atoms with van der Waals surface area (Å²) in [5, 5.41) is 14.8. The van der Waals surface area contributed by atoms with Crippen LogP contribution in [-0.4, -0.2) is 9.65 Å². The summed E-state index contributed by atoms with van der Waals surface area (Å²) in [5.74, 6) is 0. The summed E-state index contributed by atoms with van der Waals surface area (Å²) in [6.07, 6.45) is 14.6. The van der Waals surface area contributed by atoms with E-state index in [1.165, 1.54) is 45.1 Å². The molecule has 0 aromatic carbocycles. The second-order valence-electron chi connectivity index (χ2n) is 4.31. The first-order valence-electron chi connectivity index (χ1n) is 6.38. The molecule has 0 unspecified atom stereocenters. The number of hydrogen-bond donors (Lipinski definition) is 0. The molecule has 1 aromatic heterocycles. The fourth-order valence-corrected chi connectivity index (χ4v) is 1.71. The average molecular weight is 257 g/mol. The van der Waals surface area contributed by atoms with Crippen molar-refractivity contribution in [2.45, 2.75) is 52.0 Å². The smallest absolute Gasteiger partial charge is 0.243 e. The Balaban J connectivity index is 0.000000631. The van der Waals surface area contributed by atoms with Gasteiger partial charge in [0.05, 0.1) is 18.7 Å². The van der Waals surface area contributed by atoms with Crippen molar-refractivity contribution in [3.8, 4) is 0 Å². The van der Waals surface area contributed by atoms with Crippen LogP contribution >= 0.6 is 0 Å². The summed E-state index contributed by atoms with van der Waals surface area (Å²) < 4.78 is 4.36. The fourth-order valence-electron chi connectivity index (χ4n) is 1.71. The van der Waals surface area contributed by atoms with E-state index in [0.717, 1.165) is 0 Å². The second-order valence-corrected chi connectivity index (χ2v) is 4.31. The first-order valence-corrected chi connectivity index (χ1v) is 6.38. The molecule has 0 amide bonds. The third-order valence-corrected chi connectivity index (χ3v) is 2.59. The Hall–Kier alpha value is -1.59. The summed E-state index contributed by atoms with van der Waals surface area (Å²) in [5.41, 5.74) is 0. The van der Waals surface area contributed by atoms with E-state index in [1.54, 1.807) is 0 Å². The van der Waals surface area contributed by atoms with Gasteiger partial charge in [0.1, 0.15) is 12.4 Å². The molecule has 104 valence electrons. The number of aromatic nitrogens is 2. The van der Waals surface area contributed by atoms with Crippen molar-refractivity contribution in [2.24, 2.45) is 7.05 Å². The van der Waals surface area contributed by atoms with Crippen LogP contribution in [-0.2, 0) is 13.6 Å². The van der Waals surface area contributed by atoms with Crippen LogP contribution in [0.1, 0.15) is 45.4 Å². The number of nitrogens with zero attached hydrogens (tertiary/aromatic N) is 3. The summed E-state index contributed by atoms with van der Waals surface area (Å²) in [6, 6.07) is 0. The highest BCUT2D eigenvalue weighted by atomic mass is 16.9. The molecule has 18 heavy (non-hydrogen) atoms. The summed E-state index contributed by atoms with van der Waals surface area (Å²) in [7, 11) is 2.07. The summed E-state index contributed by atoms with van der Waals surface area (Å²) in [4.78, 5) is 8.25. The van der Waals surface area contributed by atoms with Gasteiger partial charge >= 0.3 is 0 Å². The highest BCUT2D eigenvalue weighted by molar-refractivity contribution is 4.61. The molecule has 0 aliphatic carbocycles. The van der Waals surface area contributed by atoms with E-state index in [2.05, 4.69) is 41.8 Å². The molecule has 0 bridgehead atoms. The largest absolute Gasteiger partial charge is 0.356 e. The van der Waals surface area contributed by atoms with Gasteiger partial charge in [-0.2, -0.15) is 0 Å². The number of hydrogen-bond acceptors (Lipinski definition) is 3. The molecule has 0 spiro atoms. The second kappa shape index (κ2) is 10.6. The molecule has 0 radical (unpaired) electrons. The van der Waals surface area contributed by atoms with Crippen molar-refractivity contribution in [3.63, 3.8) is 0 Å². The SMILES string of the molecule is CCCCCCCC[n+]1ccn(C)c1.O=[N+]([O-])[O-]. The molecule has 1 heterocycles. The molecule has 6 nitrogen and oxygen atoms in total. The first kappa shape index (κ1) is 16.4. The molecule has 1 rings (SSSR count). The maximum absolute atomic E-state index is 8.25. The lowest BCUT2D eigenvalue weighted by Gasteiger charge is -1.98. The lowest BCUT2D eigenvalue weighted by Crippen LogP contribution is -2.30.